The Balaban J connectivity index is 1.62. The van der Waals surface area contributed by atoms with Crippen LogP contribution in [-0.2, 0) is 13.0 Å². The van der Waals surface area contributed by atoms with Crippen LogP contribution in [0.4, 0.5) is 4.79 Å². The zero-order valence-corrected chi connectivity index (χ0v) is 11.2. The second-order valence-electron chi connectivity index (χ2n) is 4.94. The molecule has 1 atom stereocenters. The highest BCUT2D eigenvalue weighted by Gasteiger charge is 2.24. The number of carbonyl (C=O) groups is 1. The zero-order chi connectivity index (χ0) is 13.9. The number of amides is 2. The van der Waals surface area contributed by atoms with Gasteiger partial charge in [0.15, 0.2) is 5.82 Å². The molecule has 104 valence electrons. The van der Waals surface area contributed by atoms with Crippen molar-refractivity contribution in [2.75, 3.05) is 7.05 Å². The molecule has 0 aliphatic heterocycles. The first-order chi connectivity index (χ1) is 9.74. The molecule has 2 aromatic rings. The maximum Gasteiger partial charge on any atom is 0.318 e. The summed E-state index contributed by atoms with van der Waals surface area (Å²) in [5.74, 6) is 0.495. The van der Waals surface area contributed by atoms with Crippen molar-refractivity contribution >= 4 is 6.03 Å². The maximum atomic E-state index is 12.2. The van der Waals surface area contributed by atoms with Crippen molar-refractivity contribution in [3.8, 4) is 0 Å². The van der Waals surface area contributed by atoms with E-state index in [2.05, 4.69) is 32.1 Å². The molecule has 1 heterocycles. The van der Waals surface area contributed by atoms with E-state index in [-0.39, 0.29) is 12.1 Å². The molecule has 0 saturated heterocycles. The third-order valence-corrected chi connectivity index (χ3v) is 3.56. The molecule has 0 saturated carbocycles. The number of aromatic nitrogens is 2. The van der Waals surface area contributed by atoms with E-state index in [1.54, 1.807) is 11.9 Å². The van der Waals surface area contributed by atoms with E-state index in [0.717, 1.165) is 12.8 Å². The first-order valence-electron chi connectivity index (χ1n) is 6.58. The number of benzene rings is 1. The lowest BCUT2D eigenvalue weighted by molar-refractivity contribution is 0.201. The van der Waals surface area contributed by atoms with Gasteiger partial charge in [-0.15, -0.1) is 0 Å². The molecule has 0 radical (unpaired) electrons. The summed E-state index contributed by atoms with van der Waals surface area (Å²) in [4.78, 5) is 17.6. The smallest absolute Gasteiger partial charge is 0.318 e. The van der Waals surface area contributed by atoms with Gasteiger partial charge in [0.2, 0.25) is 6.39 Å². The molecule has 1 aliphatic carbocycles. The Kier molecular flexibility index (Phi) is 3.37. The third-order valence-electron chi connectivity index (χ3n) is 3.56. The van der Waals surface area contributed by atoms with Crippen molar-refractivity contribution in [1.82, 2.24) is 20.4 Å². The maximum absolute atomic E-state index is 12.2. The van der Waals surface area contributed by atoms with Crippen molar-refractivity contribution in [1.29, 1.82) is 0 Å². The third kappa shape index (κ3) is 2.49. The Morgan fingerprint density at radius 1 is 1.50 bits per heavy atom. The highest BCUT2D eigenvalue weighted by molar-refractivity contribution is 5.74. The molecule has 0 fully saturated rings. The van der Waals surface area contributed by atoms with Crippen LogP contribution in [0.1, 0.15) is 29.4 Å². The Morgan fingerprint density at radius 2 is 2.35 bits per heavy atom. The second-order valence-corrected chi connectivity index (χ2v) is 4.94. The van der Waals surface area contributed by atoms with Gasteiger partial charge >= 0.3 is 6.03 Å². The van der Waals surface area contributed by atoms with E-state index < -0.39 is 0 Å². The summed E-state index contributed by atoms with van der Waals surface area (Å²) in [5, 5.41) is 6.75. The van der Waals surface area contributed by atoms with Crippen molar-refractivity contribution in [2.24, 2.45) is 0 Å². The lowest BCUT2D eigenvalue weighted by Gasteiger charge is -2.20. The van der Waals surface area contributed by atoms with Gasteiger partial charge in [0.05, 0.1) is 12.6 Å². The summed E-state index contributed by atoms with van der Waals surface area (Å²) in [5.41, 5.74) is 2.53. The fraction of sp³-hybridized carbons (Fsp3) is 0.357. The monoisotopic (exact) mass is 272 g/mol. The SMILES string of the molecule is CN(Cc1ncon1)C(=O)N[C@@H]1CCc2ccccc21. The number of hydrogen-bond acceptors (Lipinski definition) is 4. The molecule has 20 heavy (non-hydrogen) atoms. The van der Waals surface area contributed by atoms with Gasteiger partial charge in [-0.3, -0.25) is 0 Å². The lowest BCUT2D eigenvalue weighted by atomic mass is 10.1. The van der Waals surface area contributed by atoms with Crippen LogP contribution >= 0.6 is 0 Å². The van der Waals surface area contributed by atoms with Crippen LogP contribution in [0.15, 0.2) is 35.2 Å². The summed E-state index contributed by atoms with van der Waals surface area (Å²) < 4.78 is 4.66. The van der Waals surface area contributed by atoms with Gasteiger partial charge in [-0.1, -0.05) is 29.4 Å². The van der Waals surface area contributed by atoms with Gasteiger partial charge in [-0.05, 0) is 24.0 Å². The van der Waals surface area contributed by atoms with E-state index in [1.807, 2.05) is 12.1 Å². The van der Waals surface area contributed by atoms with Crippen LogP contribution in [0.3, 0.4) is 0 Å². The highest BCUT2D eigenvalue weighted by atomic mass is 16.5. The lowest BCUT2D eigenvalue weighted by Crippen LogP contribution is -2.38. The van der Waals surface area contributed by atoms with Gasteiger partial charge in [-0.2, -0.15) is 4.98 Å². The summed E-state index contributed by atoms with van der Waals surface area (Å²) in [7, 11) is 1.71. The van der Waals surface area contributed by atoms with Crippen LogP contribution in [0.25, 0.3) is 0 Å². The summed E-state index contributed by atoms with van der Waals surface area (Å²) in [6.07, 6.45) is 3.21. The Hall–Kier alpha value is -2.37. The van der Waals surface area contributed by atoms with Crippen LogP contribution in [0.5, 0.6) is 0 Å². The van der Waals surface area contributed by atoms with E-state index in [0.29, 0.717) is 12.4 Å². The first-order valence-corrected chi connectivity index (χ1v) is 6.58. The quantitative estimate of drug-likeness (QED) is 0.926. The van der Waals surface area contributed by atoms with Crippen molar-refractivity contribution in [2.45, 2.75) is 25.4 Å². The van der Waals surface area contributed by atoms with Crippen LogP contribution in [0, 0.1) is 0 Å². The van der Waals surface area contributed by atoms with Crippen molar-refractivity contribution < 1.29 is 9.32 Å². The molecule has 6 heteroatoms. The largest absolute Gasteiger partial charge is 0.343 e. The van der Waals surface area contributed by atoms with Crippen LogP contribution in [0.2, 0.25) is 0 Å². The minimum atomic E-state index is -0.128. The van der Waals surface area contributed by atoms with E-state index in [4.69, 9.17) is 0 Å². The van der Waals surface area contributed by atoms with Crippen LogP contribution < -0.4 is 5.32 Å². The van der Waals surface area contributed by atoms with Gasteiger partial charge in [0, 0.05) is 7.05 Å². The number of hydrogen-bond donors (Lipinski definition) is 1. The Bertz CT molecular complexity index is 597. The number of carbonyl (C=O) groups excluding carboxylic acids is 1. The number of rotatable bonds is 3. The molecule has 1 N–H and O–H groups in total. The van der Waals surface area contributed by atoms with E-state index in [9.17, 15) is 4.79 Å². The second kappa shape index (κ2) is 5.32. The average Bonchev–Trinajstić information content (AvgIpc) is 3.09. The molecule has 1 aromatic heterocycles. The molecule has 0 unspecified atom stereocenters. The zero-order valence-electron chi connectivity index (χ0n) is 11.2. The fourth-order valence-corrected chi connectivity index (χ4v) is 2.51. The van der Waals surface area contributed by atoms with Crippen molar-refractivity contribution in [3.63, 3.8) is 0 Å². The van der Waals surface area contributed by atoms with Gasteiger partial charge < -0.3 is 14.7 Å². The number of aryl methyl sites for hydroxylation is 1. The summed E-state index contributed by atoms with van der Waals surface area (Å²) >= 11 is 0. The van der Waals surface area contributed by atoms with Crippen molar-refractivity contribution in [3.05, 3.63) is 47.6 Å². The topological polar surface area (TPSA) is 71.3 Å². The van der Waals surface area contributed by atoms with Crippen LogP contribution in [-0.4, -0.2) is 28.1 Å². The summed E-state index contributed by atoms with van der Waals surface area (Å²) in [6.45, 7) is 0.330. The van der Waals surface area contributed by atoms with E-state index >= 15 is 0 Å². The predicted octanol–water partition coefficient (Wildman–Crippen LogP) is 1.90. The van der Waals surface area contributed by atoms with Gasteiger partial charge in [0.25, 0.3) is 0 Å². The summed E-state index contributed by atoms with van der Waals surface area (Å²) in [6, 6.07) is 8.19. The fourth-order valence-electron chi connectivity index (χ4n) is 2.51. The highest BCUT2D eigenvalue weighted by Crippen LogP contribution is 2.30. The number of urea groups is 1. The first kappa shape index (κ1) is 12.7. The average molecular weight is 272 g/mol. The minimum Gasteiger partial charge on any atom is -0.343 e. The minimum absolute atomic E-state index is 0.0893. The molecule has 3 rings (SSSR count). The molecule has 2 amide bonds. The molecule has 1 aliphatic rings. The van der Waals surface area contributed by atoms with Gasteiger partial charge in [0.1, 0.15) is 0 Å². The number of nitrogens with one attached hydrogen (secondary N) is 1. The van der Waals surface area contributed by atoms with E-state index in [1.165, 1.54) is 17.5 Å². The molecular weight excluding hydrogens is 256 g/mol. The molecule has 1 aromatic carbocycles. The molecular formula is C14H16N4O2. The molecule has 0 bridgehead atoms. The Morgan fingerprint density at radius 3 is 3.15 bits per heavy atom. The Labute approximate surface area is 116 Å². The number of fused-ring (bicyclic) bond motifs is 1. The molecule has 6 nitrogen and oxygen atoms in total. The predicted molar refractivity (Wildman–Crippen MR) is 71.8 cm³/mol. The standard InChI is InChI=1S/C14H16N4O2/c1-18(8-13-15-9-20-17-13)14(19)16-12-7-6-10-4-2-3-5-11(10)12/h2-5,9,12H,6-8H2,1H3,(H,16,19)/t12-/m1/s1. The number of nitrogens with zero attached hydrogens (tertiary/aromatic N) is 3. The normalized spacial score (nSPS) is 16.8. The molecule has 0 spiro atoms. The van der Waals surface area contributed by atoms with Gasteiger partial charge in [-0.25, -0.2) is 4.79 Å².